The molecule has 0 fully saturated rings. The zero-order valence-corrected chi connectivity index (χ0v) is 13.5. The van der Waals surface area contributed by atoms with Gasteiger partial charge in [0.2, 0.25) is 5.91 Å². The summed E-state index contributed by atoms with van der Waals surface area (Å²) in [5, 5.41) is 5.29. The SMILES string of the molecule is CC(=O)Nc1cc2c(-c3nc(C(C)(F)F)cs3)cn(C)c2cn1. The number of halogens is 2. The normalized spacial score (nSPS) is 11.9. The van der Waals surface area contributed by atoms with Crippen LogP contribution in [-0.2, 0) is 17.8 Å². The molecule has 0 saturated heterocycles. The van der Waals surface area contributed by atoms with Crippen molar-refractivity contribution in [2.24, 2.45) is 7.05 Å². The minimum absolute atomic E-state index is 0.225. The number of nitrogens with zero attached hydrogens (tertiary/aromatic N) is 3. The third-order valence-corrected chi connectivity index (χ3v) is 4.24. The Kier molecular flexibility index (Phi) is 3.63. The molecule has 0 saturated carbocycles. The summed E-state index contributed by atoms with van der Waals surface area (Å²) in [5.74, 6) is -2.78. The average molecular weight is 336 g/mol. The van der Waals surface area contributed by atoms with Crippen LogP contribution in [0.2, 0.25) is 0 Å². The van der Waals surface area contributed by atoms with Crippen molar-refractivity contribution in [1.82, 2.24) is 14.5 Å². The smallest absolute Gasteiger partial charge is 0.287 e. The number of nitrogens with one attached hydrogen (secondary N) is 1. The van der Waals surface area contributed by atoms with E-state index in [1.54, 1.807) is 12.3 Å². The molecule has 5 nitrogen and oxygen atoms in total. The summed E-state index contributed by atoms with van der Waals surface area (Å²) in [7, 11) is 1.84. The maximum absolute atomic E-state index is 13.4. The Bertz CT molecular complexity index is 895. The van der Waals surface area contributed by atoms with Crippen LogP contribution in [0.4, 0.5) is 14.6 Å². The number of carbonyl (C=O) groups is 1. The van der Waals surface area contributed by atoms with Gasteiger partial charge in [0.1, 0.15) is 16.5 Å². The van der Waals surface area contributed by atoms with Gasteiger partial charge in [-0.15, -0.1) is 11.3 Å². The lowest BCUT2D eigenvalue weighted by Gasteiger charge is -2.04. The zero-order chi connectivity index (χ0) is 16.8. The first kappa shape index (κ1) is 15.5. The highest BCUT2D eigenvalue weighted by atomic mass is 32.1. The summed E-state index contributed by atoms with van der Waals surface area (Å²) in [6.45, 7) is 2.22. The lowest BCUT2D eigenvalue weighted by Crippen LogP contribution is -2.07. The molecule has 1 N–H and O–H groups in total. The highest BCUT2D eigenvalue weighted by molar-refractivity contribution is 7.13. The Morgan fingerprint density at radius 3 is 2.78 bits per heavy atom. The number of fused-ring (bicyclic) bond motifs is 1. The van der Waals surface area contributed by atoms with Crippen molar-refractivity contribution in [1.29, 1.82) is 0 Å². The monoisotopic (exact) mass is 336 g/mol. The molecule has 0 bridgehead atoms. The standard InChI is InChI=1S/C15H14F2N4OS/c1-8(22)19-13-4-9-10(6-21(3)11(9)5-18-13)14-20-12(7-23-14)15(2,16)17/h4-7H,1-3H3,(H,18,19,22). The van der Waals surface area contributed by atoms with E-state index >= 15 is 0 Å². The highest BCUT2D eigenvalue weighted by Crippen LogP contribution is 2.36. The van der Waals surface area contributed by atoms with Crippen molar-refractivity contribution in [3.63, 3.8) is 0 Å². The van der Waals surface area contributed by atoms with Crippen LogP contribution in [-0.4, -0.2) is 20.4 Å². The first-order valence-electron chi connectivity index (χ1n) is 6.82. The molecule has 3 rings (SSSR count). The molecule has 0 atom stereocenters. The maximum Gasteiger partial charge on any atom is 0.287 e. The van der Waals surface area contributed by atoms with Crippen LogP contribution >= 0.6 is 11.3 Å². The van der Waals surface area contributed by atoms with Crippen molar-refractivity contribution >= 4 is 34.0 Å². The third-order valence-electron chi connectivity index (χ3n) is 3.36. The topological polar surface area (TPSA) is 59.8 Å². The van der Waals surface area contributed by atoms with E-state index in [0.29, 0.717) is 10.8 Å². The second-order valence-electron chi connectivity index (χ2n) is 5.35. The number of aromatic nitrogens is 3. The van der Waals surface area contributed by atoms with Crippen LogP contribution in [0, 0.1) is 0 Å². The third kappa shape index (κ3) is 2.94. The Balaban J connectivity index is 2.13. The molecule has 23 heavy (non-hydrogen) atoms. The lowest BCUT2D eigenvalue weighted by atomic mass is 10.2. The summed E-state index contributed by atoms with van der Waals surface area (Å²) >= 11 is 1.17. The molecular weight excluding hydrogens is 322 g/mol. The van der Waals surface area contributed by atoms with E-state index in [1.165, 1.54) is 23.6 Å². The van der Waals surface area contributed by atoms with Crippen LogP contribution in [0.3, 0.4) is 0 Å². The van der Waals surface area contributed by atoms with Crippen LogP contribution in [0.1, 0.15) is 19.5 Å². The van der Waals surface area contributed by atoms with Crippen LogP contribution < -0.4 is 5.32 Å². The van der Waals surface area contributed by atoms with E-state index < -0.39 is 5.92 Å². The number of aryl methyl sites for hydroxylation is 1. The van der Waals surface area contributed by atoms with Gasteiger partial charge < -0.3 is 9.88 Å². The van der Waals surface area contributed by atoms with Gasteiger partial charge in [-0.3, -0.25) is 4.79 Å². The molecule has 3 heterocycles. The summed E-state index contributed by atoms with van der Waals surface area (Å²) in [5.41, 5.74) is 1.32. The molecular formula is C15H14F2N4OS. The number of thiazole rings is 1. The van der Waals surface area contributed by atoms with Gasteiger partial charge in [-0.25, -0.2) is 9.97 Å². The Labute approximate surface area is 135 Å². The van der Waals surface area contributed by atoms with Crippen molar-refractivity contribution < 1.29 is 13.6 Å². The first-order valence-corrected chi connectivity index (χ1v) is 7.70. The Hall–Kier alpha value is -2.35. The van der Waals surface area contributed by atoms with E-state index in [2.05, 4.69) is 15.3 Å². The first-order chi connectivity index (χ1) is 10.8. The molecule has 0 aliphatic carbocycles. The second-order valence-corrected chi connectivity index (χ2v) is 6.21. The van der Waals surface area contributed by atoms with E-state index in [9.17, 15) is 13.6 Å². The number of pyridine rings is 1. The van der Waals surface area contributed by atoms with Crippen molar-refractivity contribution in [3.05, 3.63) is 29.5 Å². The summed E-state index contributed by atoms with van der Waals surface area (Å²) in [4.78, 5) is 19.4. The van der Waals surface area contributed by atoms with Gasteiger partial charge in [-0.1, -0.05) is 0 Å². The fraction of sp³-hybridized carbons (Fsp3) is 0.267. The fourth-order valence-electron chi connectivity index (χ4n) is 2.30. The summed E-state index contributed by atoms with van der Waals surface area (Å²) in [6, 6.07) is 1.72. The molecule has 3 aromatic rings. The lowest BCUT2D eigenvalue weighted by molar-refractivity contribution is -0.114. The minimum Gasteiger partial charge on any atom is -0.349 e. The van der Waals surface area contributed by atoms with Gasteiger partial charge in [0.25, 0.3) is 5.92 Å². The molecule has 0 aromatic carbocycles. The Morgan fingerprint density at radius 2 is 2.17 bits per heavy atom. The van der Waals surface area contributed by atoms with Crippen molar-refractivity contribution in [3.8, 4) is 10.6 Å². The van der Waals surface area contributed by atoms with E-state index in [1.807, 2.05) is 17.8 Å². The van der Waals surface area contributed by atoms with Gasteiger partial charge in [-0.05, 0) is 6.07 Å². The van der Waals surface area contributed by atoms with E-state index in [0.717, 1.165) is 23.4 Å². The van der Waals surface area contributed by atoms with Crippen molar-refractivity contribution in [2.45, 2.75) is 19.8 Å². The van der Waals surface area contributed by atoms with Crippen LogP contribution in [0.25, 0.3) is 21.5 Å². The predicted molar refractivity (Wildman–Crippen MR) is 85.7 cm³/mol. The largest absolute Gasteiger partial charge is 0.349 e. The molecule has 0 aliphatic rings. The van der Waals surface area contributed by atoms with Gasteiger partial charge in [-0.2, -0.15) is 8.78 Å². The second kappa shape index (κ2) is 5.38. The minimum atomic E-state index is -2.97. The molecule has 120 valence electrons. The van der Waals surface area contributed by atoms with E-state index in [4.69, 9.17) is 0 Å². The summed E-state index contributed by atoms with van der Waals surface area (Å²) in [6.07, 6.45) is 3.45. The number of hydrogen-bond acceptors (Lipinski definition) is 4. The number of alkyl halides is 2. The molecule has 8 heteroatoms. The number of anilines is 1. The molecule has 1 amide bonds. The molecule has 0 radical (unpaired) electrons. The Morgan fingerprint density at radius 1 is 1.43 bits per heavy atom. The molecule has 0 aliphatic heterocycles. The molecule has 0 unspecified atom stereocenters. The fourth-order valence-corrected chi connectivity index (χ4v) is 3.22. The zero-order valence-electron chi connectivity index (χ0n) is 12.7. The number of amides is 1. The van der Waals surface area contributed by atoms with E-state index in [-0.39, 0.29) is 11.6 Å². The van der Waals surface area contributed by atoms with Crippen LogP contribution in [0.5, 0.6) is 0 Å². The van der Waals surface area contributed by atoms with Crippen LogP contribution in [0.15, 0.2) is 23.8 Å². The predicted octanol–water partition coefficient (Wildman–Crippen LogP) is 3.77. The highest BCUT2D eigenvalue weighted by Gasteiger charge is 2.28. The maximum atomic E-state index is 13.4. The van der Waals surface area contributed by atoms with Gasteiger partial charge in [0.15, 0.2) is 0 Å². The summed E-state index contributed by atoms with van der Waals surface area (Å²) < 4.78 is 28.6. The number of carbonyl (C=O) groups excluding carboxylic acids is 1. The van der Waals surface area contributed by atoms with Gasteiger partial charge in [0, 0.05) is 43.4 Å². The molecule has 3 aromatic heterocycles. The van der Waals surface area contributed by atoms with Gasteiger partial charge in [0.05, 0.1) is 11.7 Å². The number of hydrogen-bond donors (Lipinski definition) is 1. The molecule has 0 spiro atoms. The van der Waals surface area contributed by atoms with Crippen molar-refractivity contribution in [2.75, 3.05) is 5.32 Å². The van der Waals surface area contributed by atoms with Gasteiger partial charge >= 0.3 is 0 Å². The quantitative estimate of drug-likeness (QED) is 0.792. The average Bonchev–Trinajstić information content (AvgIpc) is 3.03. The number of rotatable bonds is 3.